The van der Waals surface area contributed by atoms with Crippen LogP contribution in [0.15, 0.2) is 24.4 Å². The van der Waals surface area contributed by atoms with Crippen molar-refractivity contribution in [2.45, 2.75) is 103 Å². The number of ketones is 1. The third kappa shape index (κ3) is 10.5. The molecule has 34 heavy (non-hydrogen) atoms. The van der Waals surface area contributed by atoms with Gasteiger partial charge in [0.1, 0.15) is 6.04 Å². The number of aromatic amines is 1. The molecule has 1 amide bonds. The summed E-state index contributed by atoms with van der Waals surface area (Å²) >= 11 is 0. The number of amides is 1. The molecule has 0 saturated carbocycles. The third-order valence-corrected chi connectivity index (χ3v) is 6.16. The molecule has 2 rings (SSSR count). The summed E-state index contributed by atoms with van der Waals surface area (Å²) in [6, 6.07) is 4.56. The Balaban J connectivity index is 0. The number of hydrogen-bond donors (Lipinski definition) is 3. The van der Waals surface area contributed by atoms with Crippen molar-refractivity contribution in [2.75, 3.05) is 0 Å². The number of hydrogen-bond acceptors (Lipinski definition) is 3. The Morgan fingerprint density at radius 2 is 1.56 bits per heavy atom. The number of carbonyl (C=O) groups excluding carboxylic acids is 2. The van der Waals surface area contributed by atoms with Gasteiger partial charge in [-0.3, -0.25) is 9.59 Å². The van der Waals surface area contributed by atoms with E-state index in [-0.39, 0.29) is 58.7 Å². The average molecular weight is 499 g/mol. The van der Waals surface area contributed by atoms with Crippen molar-refractivity contribution in [1.29, 1.82) is 0 Å². The van der Waals surface area contributed by atoms with E-state index in [4.69, 9.17) is 0 Å². The smallest absolute Gasteiger partial charge is 1.00 e. The number of rotatable bonds is 17. The second-order valence-corrected chi connectivity index (χ2v) is 8.99. The molecular formula is C27H42CaN2O4. The number of carboxylic acid groups (broad SMARTS) is 1. The Hall–Kier alpha value is -1.37. The molecular weight excluding hydrogens is 456 g/mol. The predicted octanol–water partition coefficient (Wildman–Crippen LogP) is 6.03. The zero-order valence-corrected chi connectivity index (χ0v) is 23.2. The molecule has 1 aromatic carbocycles. The molecule has 1 heterocycles. The minimum Gasteiger partial charge on any atom is -1.00 e. The summed E-state index contributed by atoms with van der Waals surface area (Å²) in [6.45, 7) is 4.32. The summed E-state index contributed by atoms with van der Waals surface area (Å²) in [5, 5.41) is 13.2. The topological polar surface area (TPSA) is 99.3 Å². The van der Waals surface area contributed by atoms with Crippen LogP contribution in [0.25, 0.3) is 10.9 Å². The predicted molar refractivity (Wildman–Crippen MR) is 141 cm³/mol. The van der Waals surface area contributed by atoms with Gasteiger partial charge in [0.25, 0.3) is 0 Å². The first kappa shape index (κ1) is 30.7. The molecule has 0 aliphatic heterocycles. The van der Waals surface area contributed by atoms with Gasteiger partial charge in [0.05, 0.1) is 0 Å². The summed E-state index contributed by atoms with van der Waals surface area (Å²) < 4.78 is 0. The molecule has 6 nitrogen and oxygen atoms in total. The molecule has 2 aromatic rings. The molecule has 186 valence electrons. The molecule has 3 N–H and O–H groups in total. The Morgan fingerprint density at radius 1 is 0.941 bits per heavy atom. The van der Waals surface area contributed by atoms with Gasteiger partial charge < -0.3 is 18.3 Å². The summed E-state index contributed by atoms with van der Waals surface area (Å²) in [5.41, 5.74) is 2.31. The molecule has 0 fully saturated rings. The number of Topliss-reactive ketones (excluding diaryl/α,β-unsaturated/α-hetero) is 1. The minimum absolute atomic E-state index is 0. The first-order chi connectivity index (χ1) is 16.0. The first-order valence-electron chi connectivity index (χ1n) is 12.6. The fraction of sp³-hybridized carbons (Fsp3) is 0.593. The molecule has 0 radical (unpaired) electrons. The second kappa shape index (κ2) is 17.1. The molecule has 0 spiro atoms. The molecule has 0 bridgehead atoms. The van der Waals surface area contributed by atoms with E-state index < -0.39 is 12.0 Å². The second-order valence-electron chi connectivity index (χ2n) is 8.99. The number of benzene rings is 1. The van der Waals surface area contributed by atoms with Gasteiger partial charge in [-0.25, -0.2) is 4.79 Å². The number of aromatic nitrogens is 1. The number of H-pyrrole nitrogens is 1. The number of carboxylic acids is 1. The van der Waals surface area contributed by atoms with E-state index in [0.29, 0.717) is 18.4 Å². The molecule has 1 atom stereocenters. The van der Waals surface area contributed by atoms with Crippen LogP contribution in [-0.4, -0.2) is 71.5 Å². The SMILES string of the molecule is CCCCCCCC(=O)N[C@@H](Cc1c[nH]c2cc(C(=O)CCCCCCC)ccc12)C(=O)O.[Ca+2].[H-].[H-]. The maximum absolute atomic E-state index is 12.5. The summed E-state index contributed by atoms with van der Waals surface area (Å²) in [7, 11) is 0. The fourth-order valence-electron chi connectivity index (χ4n) is 4.14. The summed E-state index contributed by atoms with van der Waals surface area (Å²) in [5.74, 6) is -1.12. The summed E-state index contributed by atoms with van der Waals surface area (Å²) in [6.07, 6.45) is 13.6. The van der Waals surface area contributed by atoms with Crippen molar-refractivity contribution < 1.29 is 22.3 Å². The van der Waals surface area contributed by atoms with Gasteiger partial charge in [-0.2, -0.15) is 0 Å². The molecule has 0 aliphatic rings. The van der Waals surface area contributed by atoms with E-state index >= 15 is 0 Å². The van der Waals surface area contributed by atoms with Crippen LogP contribution in [0.5, 0.6) is 0 Å². The van der Waals surface area contributed by atoms with E-state index in [9.17, 15) is 19.5 Å². The Morgan fingerprint density at radius 3 is 2.18 bits per heavy atom. The average Bonchev–Trinajstić information content (AvgIpc) is 3.20. The molecule has 7 heteroatoms. The van der Waals surface area contributed by atoms with Crippen LogP contribution in [0.4, 0.5) is 0 Å². The van der Waals surface area contributed by atoms with Gasteiger partial charge in [0.2, 0.25) is 5.91 Å². The maximum atomic E-state index is 12.5. The van der Waals surface area contributed by atoms with Crippen molar-refractivity contribution in [2.24, 2.45) is 0 Å². The minimum atomic E-state index is -1.04. The van der Waals surface area contributed by atoms with Crippen LogP contribution in [0.2, 0.25) is 0 Å². The van der Waals surface area contributed by atoms with E-state index in [1.165, 1.54) is 19.3 Å². The van der Waals surface area contributed by atoms with Gasteiger partial charge in [-0.1, -0.05) is 77.3 Å². The van der Waals surface area contributed by atoms with Crippen molar-refractivity contribution in [1.82, 2.24) is 10.3 Å². The van der Waals surface area contributed by atoms with E-state index in [0.717, 1.165) is 61.4 Å². The first-order valence-corrected chi connectivity index (χ1v) is 12.6. The Kier molecular flexibility index (Phi) is 15.4. The van der Waals surface area contributed by atoms with Gasteiger partial charge in [-0.05, 0) is 24.5 Å². The largest absolute Gasteiger partial charge is 2.00 e. The van der Waals surface area contributed by atoms with E-state index in [1.807, 2.05) is 18.2 Å². The van der Waals surface area contributed by atoms with Gasteiger partial charge >= 0.3 is 43.7 Å². The number of carbonyl (C=O) groups is 3. The van der Waals surface area contributed by atoms with Crippen molar-refractivity contribution in [3.8, 4) is 0 Å². The van der Waals surface area contributed by atoms with Crippen molar-refractivity contribution in [3.05, 3.63) is 35.5 Å². The van der Waals surface area contributed by atoms with Crippen LogP contribution < -0.4 is 5.32 Å². The monoisotopic (exact) mass is 498 g/mol. The normalized spacial score (nSPS) is 11.7. The van der Waals surface area contributed by atoms with Crippen LogP contribution in [-0.2, 0) is 16.0 Å². The number of fused-ring (bicyclic) bond motifs is 1. The van der Waals surface area contributed by atoms with Crippen LogP contribution in [0.3, 0.4) is 0 Å². The molecule has 0 unspecified atom stereocenters. The standard InChI is InChI=1S/C27H40N2O4.Ca.2H/c1-3-5-7-9-11-13-25(30)20-15-16-22-21(19-28-23(22)17-20)18-24(27(32)33)29-26(31)14-12-10-8-6-4-2;;;/h15-17,19,24,28H,3-14,18H2,1-2H3,(H,29,31)(H,32,33);;;/q;+2;2*-1/t24-;;;/m0.../s1. The van der Waals surface area contributed by atoms with Gasteiger partial charge in [-0.15, -0.1) is 0 Å². The zero-order valence-electron chi connectivity index (χ0n) is 23.0. The number of nitrogens with one attached hydrogen (secondary N) is 2. The zero-order chi connectivity index (χ0) is 24.1. The van der Waals surface area contributed by atoms with Crippen molar-refractivity contribution >= 4 is 66.3 Å². The molecule has 0 saturated heterocycles. The Labute approximate surface area is 236 Å². The third-order valence-electron chi connectivity index (χ3n) is 6.16. The molecule has 1 aromatic heterocycles. The van der Waals surface area contributed by atoms with E-state index in [1.54, 1.807) is 6.20 Å². The molecule has 0 aliphatic carbocycles. The van der Waals surface area contributed by atoms with Gasteiger partial charge in [0.15, 0.2) is 5.78 Å². The maximum Gasteiger partial charge on any atom is 2.00 e. The van der Waals surface area contributed by atoms with Crippen LogP contribution in [0.1, 0.15) is 110 Å². The van der Waals surface area contributed by atoms with Gasteiger partial charge in [0, 0.05) is 41.9 Å². The van der Waals surface area contributed by atoms with Crippen LogP contribution in [0, 0.1) is 0 Å². The fourth-order valence-corrected chi connectivity index (χ4v) is 4.14. The van der Waals surface area contributed by atoms with Crippen molar-refractivity contribution in [3.63, 3.8) is 0 Å². The quantitative estimate of drug-likeness (QED) is 0.141. The Bertz CT molecular complexity index is 920. The number of unbranched alkanes of at least 4 members (excludes halogenated alkanes) is 8. The number of aliphatic carboxylic acids is 1. The summed E-state index contributed by atoms with van der Waals surface area (Å²) in [4.78, 5) is 39.7. The van der Waals surface area contributed by atoms with Crippen LogP contribution >= 0.6 is 0 Å². The van der Waals surface area contributed by atoms with E-state index in [2.05, 4.69) is 24.1 Å².